The van der Waals surface area contributed by atoms with Crippen molar-refractivity contribution in [3.63, 3.8) is 0 Å². The number of nitrogens with one attached hydrogen (secondary N) is 2. The van der Waals surface area contributed by atoms with E-state index < -0.39 is 5.91 Å². The number of carbonyl (C=O) groups is 1. The van der Waals surface area contributed by atoms with Crippen LogP contribution in [-0.2, 0) is 6.54 Å². The summed E-state index contributed by atoms with van der Waals surface area (Å²) < 4.78 is 0. The fourth-order valence-electron chi connectivity index (χ4n) is 2.31. The number of rotatable bonds is 4. The van der Waals surface area contributed by atoms with E-state index in [4.69, 9.17) is 5.21 Å². The van der Waals surface area contributed by atoms with Crippen molar-refractivity contribution in [3.05, 3.63) is 59.7 Å². The second-order valence-electron chi connectivity index (χ2n) is 5.07. The van der Waals surface area contributed by atoms with Gasteiger partial charge in [-0.05, 0) is 23.8 Å². The van der Waals surface area contributed by atoms with Gasteiger partial charge in [-0.15, -0.1) is 0 Å². The summed E-state index contributed by atoms with van der Waals surface area (Å²) in [7, 11) is 1.95. The van der Waals surface area contributed by atoms with Crippen molar-refractivity contribution in [2.75, 3.05) is 11.9 Å². The van der Waals surface area contributed by atoms with E-state index in [1.807, 2.05) is 30.1 Å². The van der Waals surface area contributed by atoms with E-state index in [2.05, 4.69) is 22.1 Å². The quantitative estimate of drug-likeness (QED) is 0.510. The molecule has 3 rings (SSSR count). The number of aromatic amines is 1. The first-order valence-electron chi connectivity index (χ1n) is 6.86. The lowest BCUT2D eigenvalue weighted by molar-refractivity contribution is 0.0706. The molecule has 1 aromatic heterocycles. The molecule has 22 heavy (non-hydrogen) atoms. The van der Waals surface area contributed by atoms with Gasteiger partial charge in [-0.1, -0.05) is 30.3 Å². The van der Waals surface area contributed by atoms with Gasteiger partial charge in [0.05, 0.1) is 11.0 Å². The van der Waals surface area contributed by atoms with Crippen LogP contribution in [0.4, 0.5) is 5.95 Å². The highest BCUT2D eigenvalue weighted by Crippen LogP contribution is 2.19. The fraction of sp³-hybridized carbons (Fsp3) is 0.125. The fourth-order valence-corrected chi connectivity index (χ4v) is 2.31. The molecule has 1 heterocycles. The number of H-pyrrole nitrogens is 1. The van der Waals surface area contributed by atoms with Gasteiger partial charge in [-0.3, -0.25) is 10.0 Å². The van der Waals surface area contributed by atoms with Crippen molar-refractivity contribution in [2.45, 2.75) is 6.54 Å². The van der Waals surface area contributed by atoms with Gasteiger partial charge in [0.25, 0.3) is 5.91 Å². The van der Waals surface area contributed by atoms with Crippen LogP contribution in [0.15, 0.2) is 48.5 Å². The minimum Gasteiger partial charge on any atom is -0.341 e. The van der Waals surface area contributed by atoms with Crippen molar-refractivity contribution in [2.24, 2.45) is 0 Å². The standard InChI is InChI=1S/C16H16N4O2/c1-20(10-11-5-3-2-4-6-11)16-17-13-8-7-12(15(21)19-22)9-14(13)18-16/h2-9,22H,10H2,1H3,(H,17,18)(H,19,21). The predicted molar refractivity (Wildman–Crippen MR) is 83.9 cm³/mol. The lowest BCUT2D eigenvalue weighted by Crippen LogP contribution is -2.18. The molecule has 0 aliphatic heterocycles. The number of fused-ring (bicyclic) bond motifs is 1. The van der Waals surface area contributed by atoms with Crippen LogP contribution in [0.5, 0.6) is 0 Å². The largest absolute Gasteiger partial charge is 0.341 e. The van der Waals surface area contributed by atoms with Gasteiger partial charge in [0.2, 0.25) is 5.95 Å². The Balaban J connectivity index is 1.86. The smallest absolute Gasteiger partial charge is 0.274 e. The zero-order valence-electron chi connectivity index (χ0n) is 12.1. The summed E-state index contributed by atoms with van der Waals surface area (Å²) in [6, 6.07) is 15.1. The third kappa shape index (κ3) is 2.77. The molecule has 3 aromatic rings. The number of hydrogen-bond donors (Lipinski definition) is 3. The number of imidazole rings is 1. The summed E-state index contributed by atoms with van der Waals surface area (Å²) in [5.74, 6) is 0.177. The van der Waals surface area contributed by atoms with E-state index in [0.29, 0.717) is 5.56 Å². The number of nitrogens with zero attached hydrogens (tertiary/aromatic N) is 2. The number of carbonyl (C=O) groups excluding carboxylic acids is 1. The Morgan fingerprint density at radius 2 is 2.05 bits per heavy atom. The van der Waals surface area contributed by atoms with E-state index in [1.54, 1.807) is 23.7 Å². The van der Waals surface area contributed by atoms with Gasteiger partial charge in [-0.25, -0.2) is 10.5 Å². The first-order valence-corrected chi connectivity index (χ1v) is 6.86. The predicted octanol–water partition coefficient (Wildman–Crippen LogP) is 2.32. The molecule has 0 fully saturated rings. The molecule has 0 bridgehead atoms. The molecule has 0 saturated heterocycles. The van der Waals surface area contributed by atoms with Crippen molar-refractivity contribution in [3.8, 4) is 0 Å². The molecule has 0 aliphatic carbocycles. The Morgan fingerprint density at radius 3 is 2.77 bits per heavy atom. The minimum absolute atomic E-state index is 0.371. The van der Waals surface area contributed by atoms with Crippen LogP contribution in [-0.4, -0.2) is 28.1 Å². The van der Waals surface area contributed by atoms with Gasteiger partial charge in [0.15, 0.2) is 0 Å². The van der Waals surface area contributed by atoms with E-state index in [9.17, 15) is 4.79 Å². The van der Waals surface area contributed by atoms with Gasteiger partial charge in [0.1, 0.15) is 0 Å². The third-order valence-corrected chi connectivity index (χ3v) is 3.46. The van der Waals surface area contributed by atoms with E-state index >= 15 is 0 Å². The van der Waals surface area contributed by atoms with E-state index in [-0.39, 0.29) is 0 Å². The number of hydroxylamine groups is 1. The SMILES string of the molecule is CN(Cc1ccccc1)c1nc2ccc(C(=O)NO)cc2[nH]1. The Kier molecular flexibility index (Phi) is 3.76. The van der Waals surface area contributed by atoms with E-state index in [0.717, 1.165) is 23.5 Å². The van der Waals surface area contributed by atoms with Crippen LogP contribution < -0.4 is 10.4 Å². The molecule has 2 aromatic carbocycles. The van der Waals surface area contributed by atoms with Crippen molar-refractivity contribution < 1.29 is 10.0 Å². The molecule has 0 radical (unpaired) electrons. The molecular weight excluding hydrogens is 280 g/mol. The molecule has 0 spiro atoms. The summed E-state index contributed by atoms with van der Waals surface area (Å²) in [6.45, 7) is 0.727. The average Bonchev–Trinajstić information content (AvgIpc) is 2.98. The van der Waals surface area contributed by atoms with Crippen LogP contribution in [0.3, 0.4) is 0 Å². The van der Waals surface area contributed by atoms with Gasteiger partial charge in [0, 0.05) is 19.2 Å². The molecular formula is C16H16N4O2. The van der Waals surface area contributed by atoms with E-state index in [1.165, 1.54) is 5.56 Å². The second-order valence-corrected chi connectivity index (χ2v) is 5.07. The summed E-state index contributed by atoms with van der Waals surface area (Å²) in [5.41, 5.74) is 4.70. The van der Waals surface area contributed by atoms with Crippen molar-refractivity contribution in [1.82, 2.24) is 15.4 Å². The van der Waals surface area contributed by atoms with Crippen LogP contribution in [0, 0.1) is 0 Å². The average molecular weight is 296 g/mol. The molecule has 0 aliphatic rings. The topological polar surface area (TPSA) is 81.2 Å². The summed E-state index contributed by atoms with van der Waals surface area (Å²) >= 11 is 0. The second kappa shape index (κ2) is 5.87. The highest BCUT2D eigenvalue weighted by atomic mass is 16.5. The van der Waals surface area contributed by atoms with Crippen LogP contribution in [0.2, 0.25) is 0 Å². The Hall–Kier alpha value is -2.86. The molecule has 0 saturated carbocycles. The minimum atomic E-state index is -0.546. The highest BCUT2D eigenvalue weighted by Gasteiger charge is 2.10. The zero-order chi connectivity index (χ0) is 15.5. The van der Waals surface area contributed by atoms with Gasteiger partial charge < -0.3 is 9.88 Å². The number of hydrogen-bond acceptors (Lipinski definition) is 4. The van der Waals surface area contributed by atoms with Gasteiger partial charge >= 0.3 is 0 Å². The normalized spacial score (nSPS) is 10.6. The molecule has 3 N–H and O–H groups in total. The molecule has 0 atom stereocenters. The Bertz CT molecular complexity index is 798. The van der Waals surface area contributed by atoms with Crippen molar-refractivity contribution in [1.29, 1.82) is 0 Å². The molecule has 112 valence electrons. The molecule has 1 amide bonds. The van der Waals surface area contributed by atoms with Gasteiger partial charge in [-0.2, -0.15) is 0 Å². The molecule has 0 unspecified atom stereocenters. The molecule has 6 heteroatoms. The first-order chi connectivity index (χ1) is 10.7. The maximum absolute atomic E-state index is 11.4. The number of benzene rings is 2. The maximum Gasteiger partial charge on any atom is 0.274 e. The van der Waals surface area contributed by atoms with Crippen LogP contribution in [0.1, 0.15) is 15.9 Å². The Morgan fingerprint density at radius 1 is 1.27 bits per heavy atom. The number of anilines is 1. The monoisotopic (exact) mass is 296 g/mol. The first kappa shape index (κ1) is 14.1. The van der Waals surface area contributed by atoms with Crippen LogP contribution >= 0.6 is 0 Å². The summed E-state index contributed by atoms with van der Waals surface area (Å²) in [4.78, 5) is 21.1. The number of aromatic nitrogens is 2. The number of amides is 1. The summed E-state index contributed by atoms with van der Waals surface area (Å²) in [5, 5.41) is 8.68. The maximum atomic E-state index is 11.4. The zero-order valence-corrected chi connectivity index (χ0v) is 12.1. The molecule has 6 nitrogen and oxygen atoms in total. The lowest BCUT2D eigenvalue weighted by Gasteiger charge is -2.15. The lowest BCUT2D eigenvalue weighted by atomic mass is 10.2. The van der Waals surface area contributed by atoms with Crippen molar-refractivity contribution >= 4 is 22.9 Å². The summed E-state index contributed by atoms with van der Waals surface area (Å²) in [6.07, 6.45) is 0. The Labute approximate surface area is 127 Å². The third-order valence-electron chi connectivity index (χ3n) is 3.46. The highest BCUT2D eigenvalue weighted by molar-refractivity contribution is 5.96. The van der Waals surface area contributed by atoms with Crippen LogP contribution in [0.25, 0.3) is 11.0 Å².